The van der Waals surface area contributed by atoms with Crippen LogP contribution in [0.25, 0.3) is 5.57 Å². The van der Waals surface area contributed by atoms with E-state index in [0.29, 0.717) is 17.8 Å². The summed E-state index contributed by atoms with van der Waals surface area (Å²) < 4.78 is 37.1. The lowest BCUT2D eigenvalue weighted by Crippen LogP contribution is -2.04. The van der Waals surface area contributed by atoms with Crippen molar-refractivity contribution in [3.8, 4) is 0 Å². The van der Waals surface area contributed by atoms with E-state index in [-0.39, 0.29) is 0 Å². The molecule has 0 unspecified atom stereocenters. The van der Waals surface area contributed by atoms with E-state index in [0.717, 1.165) is 30.5 Å². The van der Waals surface area contributed by atoms with Crippen molar-refractivity contribution in [3.05, 3.63) is 41.5 Å². The molecule has 0 aromatic heterocycles. The number of hydrogen-bond donors (Lipinski definition) is 0. The summed E-state index contributed by atoms with van der Waals surface area (Å²) in [5, 5.41) is 0. The summed E-state index contributed by atoms with van der Waals surface area (Å²) in [4.78, 5) is 10.5. The molecule has 1 aromatic rings. The first-order valence-electron chi connectivity index (χ1n) is 5.35. The Kier molecular flexibility index (Phi) is 3.05. The largest absolute Gasteiger partial charge is 0.416 e. The Morgan fingerprint density at radius 1 is 1.18 bits per heavy atom. The van der Waals surface area contributed by atoms with Crippen LogP contribution in [0.4, 0.5) is 13.2 Å². The molecular formula is C13H11F3O. The van der Waals surface area contributed by atoms with E-state index in [1.165, 1.54) is 18.2 Å². The van der Waals surface area contributed by atoms with Crippen LogP contribution >= 0.6 is 0 Å². The van der Waals surface area contributed by atoms with Crippen LogP contribution in [0.1, 0.15) is 24.0 Å². The number of allylic oxidation sites excluding steroid dienone is 2. The van der Waals surface area contributed by atoms with Gasteiger partial charge in [0.15, 0.2) is 0 Å². The number of carbonyl (C=O) groups excluding carboxylic acids is 1. The van der Waals surface area contributed by atoms with E-state index in [1.54, 1.807) is 0 Å². The molecule has 4 heteroatoms. The molecule has 0 amide bonds. The highest BCUT2D eigenvalue weighted by Crippen LogP contribution is 2.42. The molecule has 0 heterocycles. The standard InChI is InChI=1S/C13H11F3O/c14-13(15,16)11-5-3-10(4-6-11)12(7-8-17)9-1-2-9/h3-9H,1-2H2. The molecule has 1 aromatic carbocycles. The number of aldehydes is 1. The number of halogens is 3. The highest BCUT2D eigenvalue weighted by Gasteiger charge is 2.31. The summed E-state index contributed by atoms with van der Waals surface area (Å²) >= 11 is 0. The third kappa shape index (κ3) is 2.75. The maximum absolute atomic E-state index is 12.4. The van der Waals surface area contributed by atoms with Crippen LogP contribution in [0, 0.1) is 5.92 Å². The summed E-state index contributed by atoms with van der Waals surface area (Å²) in [6.45, 7) is 0. The van der Waals surface area contributed by atoms with Crippen LogP contribution in [0.3, 0.4) is 0 Å². The highest BCUT2D eigenvalue weighted by molar-refractivity contribution is 5.83. The molecule has 1 nitrogen and oxygen atoms in total. The Morgan fingerprint density at radius 2 is 1.76 bits per heavy atom. The average Bonchev–Trinajstić information content (AvgIpc) is 3.09. The highest BCUT2D eigenvalue weighted by atomic mass is 19.4. The maximum Gasteiger partial charge on any atom is 0.416 e. The van der Waals surface area contributed by atoms with E-state index >= 15 is 0 Å². The van der Waals surface area contributed by atoms with Gasteiger partial charge in [-0.2, -0.15) is 13.2 Å². The third-order valence-electron chi connectivity index (χ3n) is 2.81. The predicted octanol–water partition coefficient (Wildman–Crippen LogP) is 3.70. The molecular weight excluding hydrogens is 229 g/mol. The van der Waals surface area contributed by atoms with Crippen LogP contribution in [0.5, 0.6) is 0 Å². The van der Waals surface area contributed by atoms with Gasteiger partial charge >= 0.3 is 6.18 Å². The molecule has 1 aliphatic rings. The van der Waals surface area contributed by atoms with E-state index in [2.05, 4.69) is 0 Å². The van der Waals surface area contributed by atoms with Gasteiger partial charge in [0.05, 0.1) is 5.56 Å². The molecule has 17 heavy (non-hydrogen) atoms. The van der Waals surface area contributed by atoms with Crippen molar-refractivity contribution >= 4 is 11.9 Å². The summed E-state index contributed by atoms with van der Waals surface area (Å²) in [6.07, 6.45) is -0.181. The molecule has 0 aliphatic heterocycles. The second kappa shape index (κ2) is 4.35. The average molecular weight is 240 g/mol. The van der Waals surface area contributed by atoms with Crippen molar-refractivity contribution < 1.29 is 18.0 Å². The Labute approximate surface area is 96.9 Å². The topological polar surface area (TPSA) is 17.1 Å². The van der Waals surface area contributed by atoms with Gasteiger partial charge in [0.1, 0.15) is 6.29 Å². The zero-order chi connectivity index (χ0) is 12.5. The predicted molar refractivity (Wildman–Crippen MR) is 58.2 cm³/mol. The van der Waals surface area contributed by atoms with Crippen LogP contribution < -0.4 is 0 Å². The minimum absolute atomic E-state index is 0.330. The SMILES string of the molecule is O=CC=C(c1ccc(C(F)(F)F)cc1)C1CC1. The van der Waals surface area contributed by atoms with Gasteiger partial charge in [-0.1, -0.05) is 12.1 Å². The molecule has 90 valence electrons. The second-order valence-electron chi connectivity index (χ2n) is 4.11. The van der Waals surface area contributed by atoms with E-state index < -0.39 is 11.7 Å². The van der Waals surface area contributed by atoms with E-state index in [1.807, 2.05) is 0 Å². The Morgan fingerprint density at radius 3 is 2.18 bits per heavy atom. The number of benzene rings is 1. The smallest absolute Gasteiger partial charge is 0.299 e. The fourth-order valence-corrected chi connectivity index (χ4v) is 1.79. The maximum atomic E-state index is 12.4. The van der Waals surface area contributed by atoms with Gasteiger partial charge in [-0.3, -0.25) is 4.79 Å². The van der Waals surface area contributed by atoms with Gasteiger partial charge in [-0.05, 0) is 48.1 Å². The zero-order valence-corrected chi connectivity index (χ0v) is 9.00. The van der Waals surface area contributed by atoms with E-state index in [9.17, 15) is 18.0 Å². The first-order chi connectivity index (χ1) is 8.02. The summed E-state index contributed by atoms with van der Waals surface area (Å²) in [7, 11) is 0. The second-order valence-corrected chi connectivity index (χ2v) is 4.11. The number of rotatable bonds is 3. The van der Waals surface area contributed by atoms with Gasteiger partial charge < -0.3 is 0 Å². The lowest BCUT2D eigenvalue weighted by molar-refractivity contribution is -0.137. The van der Waals surface area contributed by atoms with Gasteiger partial charge in [0, 0.05) is 0 Å². The Hall–Kier alpha value is -1.58. The van der Waals surface area contributed by atoms with Gasteiger partial charge in [-0.25, -0.2) is 0 Å². The number of carbonyl (C=O) groups is 1. The van der Waals surface area contributed by atoms with Crippen LogP contribution in [-0.2, 0) is 11.0 Å². The van der Waals surface area contributed by atoms with Crippen molar-refractivity contribution in [1.82, 2.24) is 0 Å². The first kappa shape index (κ1) is 11.9. The van der Waals surface area contributed by atoms with Crippen molar-refractivity contribution in [1.29, 1.82) is 0 Å². The molecule has 2 rings (SSSR count). The summed E-state index contributed by atoms with van der Waals surface area (Å²) in [5.74, 6) is 0.330. The van der Waals surface area contributed by atoms with Crippen molar-refractivity contribution in [2.75, 3.05) is 0 Å². The summed E-state index contributed by atoms with van der Waals surface area (Å²) in [6, 6.07) is 4.96. The van der Waals surface area contributed by atoms with Crippen molar-refractivity contribution in [2.45, 2.75) is 19.0 Å². The summed E-state index contributed by atoms with van der Waals surface area (Å²) in [5.41, 5.74) is 0.879. The lowest BCUT2D eigenvalue weighted by atomic mass is 10.00. The third-order valence-corrected chi connectivity index (χ3v) is 2.81. The minimum atomic E-state index is -4.31. The van der Waals surface area contributed by atoms with Gasteiger partial charge in [-0.15, -0.1) is 0 Å². The van der Waals surface area contributed by atoms with Crippen LogP contribution in [0.2, 0.25) is 0 Å². The first-order valence-corrected chi connectivity index (χ1v) is 5.35. The zero-order valence-electron chi connectivity index (χ0n) is 9.00. The number of hydrogen-bond acceptors (Lipinski definition) is 1. The molecule has 1 aliphatic carbocycles. The fourth-order valence-electron chi connectivity index (χ4n) is 1.79. The molecule has 0 saturated heterocycles. The van der Waals surface area contributed by atoms with Gasteiger partial charge in [0.2, 0.25) is 0 Å². The molecule has 0 N–H and O–H groups in total. The molecule has 1 fully saturated rings. The fraction of sp³-hybridized carbons (Fsp3) is 0.308. The molecule has 0 spiro atoms. The molecule has 1 saturated carbocycles. The quantitative estimate of drug-likeness (QED) is 0.581. The van der Waals surface area contributed by atoms with Crippen molar-refractivity contribution in [3.63, 3.8) is 0 Å². The van der Waals surface area contributed by atoms with Crippen LogP contribution in [-0.4, -0.2) is 6.29 Å². The number of alkyl halides is 3. The lowest BCUT2D eigenvalue weighted by Gasteiger charge is -2.09. The van der Waals surface area contributed by atoms with Gasteiger partial charge in [0.25, 0.3) is 0 Å². The minimum Gasteiger partial charge on any atom is -0.299 e. The Bertz CT molecular complexity index is 439. The molecule has 0 bridgehead atoms. The molecule has 0 radical (unpaired) electrons. The monoisotopic (exact) mass is 240 g/mol. The normalized spacial score (nSPS) is 17.0. The molecule has 0 atom stereocenters. The van der Waals surface area contributed by atoms with Crippen LogP contribution in [0.15, 0.2) is 30.3 Å². The van der Waals surface area contributed by atoms with Crippen molar-refractivity contribution in [2.24, 2.45) is 5.92 Å². The Balaban J connectivity index is 2.28. The van der Waals surface area contributed by atoms with E-state index in [4.69, 9.17) is 0 Å².